The lowest BCUT2D eigenvalue weighted by atomic mass is 10.1. The fourth-order valence-corrected chi connectivity index (χ4v) is 2.84. The van der Waals surface area contributed by atoms with Crippen molar-refractivity contribution in [2.75, 3.05) is 20.2 Å². The quantitative estimate of drug-likeness (QED) is 0.887. The molecule has 0 aromatic heterocycles. The second-order valence-corrected chi connectivity index (χ2v) is 5.52. The molecule has 0 spiro atoms. The summed E-state index contributed by atoms with van der Waals surface area (Å²) in [4.78, 5) is 12.1. The van der Waals surface area contributed by atoms with Crippen molar-refractivity contribution < 1.29 is 9.53 Å². The molecule has 1 fully saturated rings. The lowest BCUT2D eigenvalue weighted by Crippen LogP contribution is -2.43. The molecular weight excluding hydrogens is 320 g/mol. The standard InChI is InChI=1S/C12H14BrClN2O2/c1-18-11-6-15-5-10(11)16-12(17)7-2-8(13)4-9(14)3-7/h2-4,10-11,15H,5-6H2,1H3,(H,16,17)/t10?,11-/m0/s1. The lowest BCUT2D eigenvalue weighted by Gasteiger charge is -2.18. The molecule has 0 radical (unpaired) electrons. The Morgan fingerprint density at radius 1 is 1.50 bits per heavy atom. The zero-order chi connectivity index (χ0) is 13.1. The minimum absolute atomic E-state index is 0.0107. The highest BCUT2D eigenvalue weighted by molar-refractivity contribution is 9.10. The molecule has 6 heteroatoms. The van der Waals surface area contributed by atoms with Crippen molar-refractivity contribution in [3.05, 3.63) is 33.3 Å². The van der Waals surface area contributed by atoms with Crippen LogP contribution in [0.3, 0.4) is 0 Å². The van der Waals surface area contributed by atoms with Crippen molar-refractivity contribution in [2.24, 2.45) is 0 Å². The fraction of sp³-hybridized carbons (Fsp3) is 0.417. The average Bonchev–Trinajstić information content (AvgIpc) is 2.75. The van der Waals surface area contributed by atoms with E-state index in [4.69, 9.17) is 16.3 Å². The summed E-state index contributed by atoms with van der Waals surface area (Å²) in [5, 5.41) is 6.65. The molecular formula is C12H14BrClN2O2. The number of benzene rings is 1. The zero-order valence-electron chi connectivity index (χ0n) is 9.87. The Hall–Kier alpha value is -0.620. The van der Waals surface area contributed by atoms with Gasteiger partial charge in [-0.25, -0.2) is 0 Å². The summed E-state index contributed by atoms with van der Waals surface area (Å²) in [6.45, 7) is 1.46. The molecule has 0 aliphatic carbocycles. The third kappa shape index (κ3) is 3.23. The van der Waals surface area contributed by atoms with E-state index in [0.29, 0.717) is 17.1 Å². The van der Waals surface area contributed by atoms with Gasteiger partial charge in [-0.15, -0.1) is 0 Å². The Balaban J connectivity index is 2.07. The summed E-state index contributed by atoms with van der Waals surface area (Å²) < 4.78 is 6.08. The van der Waals surface area contributed by atoms with Gasteiger partial charge in [-0.3, -0.25) is 4.79 Å². The number of halogens is 2. The van der Waals surface area contributed by atoms with E-state index in [1.807, 2.05) is 0 Å². The van der Waals surface area contributed by atoms with Crippen molar-refractivity contribution in [1.29, 1.82) is 0 Å². The van der Waals surface area contributed by atoms with E-state index in [1.165, 1.54) is 0 Å². The molecule has 1 aromatic carbocycles. The second-order valence-electron chi connectivity index (χ2n) is 4.17. The van der Waals surface area contributed by atoms with Crippen LogP contribution in [0.1, 0.15) is 10.4 Å². The minimum Gasteiger partial charge on any atom is -0.378 e. The van der Waals surface area contributed by atoms with Crippen LogP contribution in [-0.4, -0.2) is 38.3 Å². The van der Waals surface area contributed by atoms with Gasteiger partial charge in [0.05, 0.1) is 12.1 Å². The highest BCUT2D eigenvalue weighted by Gasteiger charge is 2.28. The van der Waals surface area contributed by atoms with E-state index in [1.54, 1.807) is 25.3 Å². The summed E-state index contributed by atoms with van der Waals surface area (Å²) in [6, 6.07) is 5.12. The first-order valence-electron chi connectivity index (χ1n) is 5.60. The van der Waals surface area contributed by atoms with Gasteiger partial charge in [-0.2, -0.15) is 0 Å². The summed E-state index contributed by atoms with van der Waals surface area (Å²) in [7, 11) is 1.65. The molecule has 1 aliphatic heterocycles. The molecule has 1 aliphatic rings. The number of hydrogen-bond acceptors (Lipinski definition) is 3. The van der Waals surface area contributed by atoms with Crippen molar-refractivity contribution >= 4 is 33.4 Å². The van der Waals surface area contributed by atoms with Crippen LogP contribution in [0.5, 0.6) is 0 Å². The minimum atomic E-state index is -0.144. The molecule has 2 atom stereocenters. The van der Waals surface area contributed by atoms with Crippen LogP contribution in [-0.2, 0) is 4.74 Å². The molecule has 1 amide bonds. The fourth-order valence-electron chi connectivity index (χ4n) is 1.98. The van der Waals surface area contributed by atoms with E-state index < -0.39 is 0 Å². The van der Waals surface area contributed by atoms with Gasteiger partial charge in [-0.05, 0) is 18.2 Å². The largest absolute Gasteiger partial charge is 0.378 e. The van der Waals surface area contributed by atoms with Crippen LogP contribution in [0.2, 0.25) is 5.02 Å². The van der Waals surface area contributed by atoms with E-state index in [-0.39, 0.29) is 18.1 Å². The predicted molar refractivity (Wildman–Crippen MR) is 74.1 cm³/mol. The smallest absolute Gasteiger partial charge is 0.251 e. The predicted octanol–water partition coefficient (Wildman–Crippen LogP) is 1.82. The zero-order valence-corrected chi connectivity index (χ0v) is 12.2. The molecule has 0 bridgehead atoms. The Labute approximate surface area is 119 Å². The number of carbonyl (C=O) groups excluding carboxylic acids is 1. The van der Waals surface area contributed by atoms with E-state index in [0.717, 1.165) is 11.0 Å². The third-order valence-corrected chi connectivity index (χ3v) is 3.58. The van der Waals surface area contributed by atoms with Crippen LogP contribution in [0.15, 0.2) is 22.7 Å². The lowest BCUT2D eigenvalue weighted by molar-refractivity contribution is 0.0780. The second kappa shape index (κ2) is 6.02. The van der Waals surface area contributed by atoms with E-state index >= 15 is 0 Å². The molecule has 4 nitrogen and oxygen atoms in total. The van der Waals surface area contributed by atoms with E-state index in [9.17, 15) is 4.79 Å². The molecule has 1 aromatic rings. The molecule has 18 heavy (non-hydrogen) atoms. The highest BCUT2D eigenvalue weighted by Crippen LogP contribution is 2.19. The van der Waals surface area contributed by atoms with Crippen LogP contribution in [0.25, 0.3) is 0 Å². The summed E-state index contributed by atoms with van der Waals surface area (Å²) >= 11 is 9.24. The maximum Gasteiger partial charge on any atom is 0.251 e. The SMILES string of the molecule is CO[C@H]1CNCC1NC(=O)c1cc(Cl)cc(Br)c1. The van der Waals surface area contributed by atoms with Gasteiger partial charge in [-0.1, -0.05) is 27.5 Å². The highest BCUT2D eigenvalue weighted by atomic mass is 79.9. The summed E-state index contributed by atoms with van der Waals surface area (Å²) in [6.07, 6.45) is 0.0107. The molecule has 2 rings (SSSR count). The van der Waals surface area contributed by atoms with Crippen molar-refractivity contribution in [3.63, 3.8) is 0 Å². The van der Waals surface area contributed by atoms with Gasteiger partial charge < -0.3 is 15.4 Å². The van der Waals surface area contributed by atoms with Crippen LogP contribution in [0.4, 0.5) is 0 Å². The van der Waals surface area contributed by atoms with Gasteiger partial charge in [0.15, 0.2) is 0 Å². The van der Waals surface area contributed by atoms with Gasteiger partial charge in [0.25, 0.3) is 5.91 Å². The maximum absolute atomic E-state index is 12.1. The normalized spacial score (nSPS) is 23.1. The van der Waals surface area contributed by atoms with Crippen molar-refractivity contribution in [1.82, 2.24) is 10.6 Å². The van der Waals surface area contributed by atoms with Crippen LogP contribution >= 0.6 is 27.5 Å². The third-order valence-electron chi connectivity index (χ3n) is 2.90. The maximum atomic E-state index is 12.1. The van der Waals surface area contributed by atoms with Crippen molar-refractivity contribution in [3.8, 4) is 0 Å². The molecule has 1 unspecified atom stereocenters. The first kappa shape index (κ1) is 13.8. The number of carbonyl (C=O) groups is 1. The van der Waals surface area contributed by atoms with Crippen LogP contribution < -0.4 is 10.6 Å². The van der Waals surface area contributed by atoms with Gasteiger partial charge in [0.1, 0.15) is 0 Å². The van der Waals surface area contributed by atoms with Gasteiger partial charge >= 0.3 is 0 Å². The first-order chi connectivity index (χ1) is 8.60. The molecule has 0 saturated carbocycles. The number of hydrogen-bond donors (Lipinski definition) is 2. The molecule has 1 saturated heterocycles. The molecule has 98 valence electrons. The number of methoxy groups -OCH3 is 1. The Morgan fingerprint density at radius 3 is 2.94 bits per heavy atom. The number of nitrogens with one attached hydrogen (secondary N) is 2. The van der Waals surface area contributed by atoms with Crippen LogP contribution in [0, 0.1) is 0 Å². The molecule has 2 N–H and O–H groups in total. The number of rotatable bonds is 3. The topological polar surface area (TPSA) is 50.4 Å². The Kier molecular flexibility index (Phi) is 4.61. The summed E-state index contributed by atoms with van der Waals surface area (Å²) in [5.74, 6) is -0.144. The Bertz CT molecular complexity index is 435. The summed E-state index contributed by atoms with van der Waals surface area (Å²) in [5.41, 5.74) is 0.538. The monoisotopic (exact) mass is 332 g/mol. The number of amides is 1. The van der Waals surface area contributed by atoms with E-state index in [2.05, 4.69) is 26.6 Å². The average molecular weight is 334 g/mol. The van der Waals surface area contributed by atoms with Crippen molar-refractivity contribution in [2.45, 2.75) is 12.1 Å². The van der Waals surface area contributed by atoms with Gasteiger partial charge in [0, 0.05) is 35.3 Å². The Morgan fingerprint density at radius 2 is 2.28 bits per heavy atom. The first-order valence-corrected chi connectivity index (χ1v) is 6.77. The van der Waals surface area contributed by atoms with Gasteiger partial charge in [0.2, 0.25) is 0 Å². The molecule has 1 heterocycles. The number of ether oxygens (including phenoxy) is 1.